The van der Waals surface area contributed by atoms with Gasteiger partial charge >= 0.3 is 0 Å². The number of rotatable bonds is 10. The summed E-state index contributed by atoms with van der Waals surface area (Å²) in [6, 6.07) is 11.2. The van der Waals surface area contributed by atoms with Crippen LogP contribution in [0.5, 0.6) is 0 Å². The molecule has 0 saturated heterocycles. The maximum absolute atomic E-state index is 13.6. The largest absolute Gasteiger partial charge is 0.390 e. The quantitative estimate of drug-likeness (QED) is 0.346. The average Bonchev–Trinajstić information content (AvgIpc) is 3.26. The standard InChI is InChI=1S/C28H34F2N2O2S/c1-18(33)32-26(12-20-10-23(29)13-24(30)11-20)27(34)16-31-15-22-9-19(14-28(2,3)4)5-6-25(22)21-7-8-35-17-21/h5-11,13,17,26-27,31,34H,12,14-16H2,1-4H3,(H,32,33). The number of carbonyl (C=O) groups excluding carboxylic acids is 1. The third kappa shape index (κ3) is 8.53. The molecule has 1 heterocycles. The molecule has 3 rings (SSSR count). The molecule has 0 spiro atoms. The number of amides is 1. The van der Waals surface area contributed by atoms with Crippen LogP contribution in [0.4, 0.5) is 8.78 Å². The van der Waals surface area contributed by atoms with Gasteiger partial charge in [-0.05, 0) is 75.0 Å². The Morgan fingerprint density at radius 3 is 2.37 bits per heavy atom. The van der Waals surface area contributed by atoms with E-state index >= 15 is 0 Å². The van der Waals surface area contributed by atoms with E-state index < -0.39 is 23.8 Å². The van der Waals surface area contributed by atoms with Crippen LogP contribution < -0.4 is 10.6 Å². The summed E-state index contributed by atoms with van der Waals surface area (Å²) in [5.41, 5.74) is 5.19. The highest BCUT2D eigenvalue weighted by Gasteiger charge is 2.21. The van der Waals surface area contributed by atoms with Gasteiger partial charge in [0.1, 0.15) is 11.6 Å². The van der Waals surface area contributed by atoms with Crippen LogP contribution in [-0.4, -0.2) is 29.7 Å². The minimum absolute atomic E-state index is 0.109. The average molecular weight is 501 g/mol. The molecule has 2 aromatic carbocycles. The van der Waals surface area contributed by atoms with Gasteiger partial charge in [-0.2, -0.15) is 11.3 Å². The topological polar surface area (TPSA) is 61.4 Å². The molecule has 0 bridgehead atoms. The van der Waals surface area contributed by atoms with Crippen LogP contribution in [0.15, 0.2) is 53.2 Å². The number of thiophene rings is 1. The van der Waals surface area contributed by atoms with Crippen molar-refractivity contribution in [2.45, 2.75) is 59.2 Å². The summed E-state index contributed by atoms with van der Waals surface area (Å²) in [7, 11) is 0. The Morgan fingerprint density at radius 2 is 1.77 bits per heavy atom. The lowest BCUT2D eigenvalue weighted by Gasteiger charge is -2.25. The first kappa shape index (κ1) is 27.0. The molecule has 3 aromatic rings. The van der Waals surface area contributed by atoms with Gasteiger partial charge in [-0.1, -0.05) is 39.0 Å². The Bertz CT molecular complexity index is 1110. The zero-order valence-electron chi connectivity index (χ0n) is 20.7. The third-order valence-corrected chi connectivity index (χ3v) is 6.32. The van der Waals surface area contributed by atoms with Crippen molar-refractivity contribution in [3.05, 3.63) is 81.5 Å². The third-order valence-electron chi connectivity index (χ3n) is 5.64. The van der Waals surface area contributed by atoms with E-state index in [1.54, 1.807) is 11.3 Å². The second kappa shape index (κ2) is 11.9. The minimum atomic E-state index is -0.951. The van der Waals surface area contributed by atoms with Crippen molar-refractivity contribution in [1.29, 1.82) is 0 Å². The van der Waals surface area contributed by atoms with E-state index in [1.165, 1.54) is 24.6 Å². The van der Waals surface area contributed by atoms with Crippen molar-refractivity contribution in [2.24, 2.45) is 5.41 Å². The predicted molar refractivity (Wildman–Crippen MR) is 138 cm³/mol. The molecule has 0 aliphatic rings. The van der Waals surface area contributed by atoms with Gasteiger partial charge in [0.25, 0.3) is 0 Å². The fourth-order valence-corrected chi connectivity index (χ4v) is 4.89. The van der Waals surface area contributed by atoms with Crippen LogP contribution in [0.25, 0.3) is 11.1 Å². The normalized spacial score (nSPS) is 13.5. The first-order valence-corrected chi connectivity index (χ1v) is 12.7. The molecule has 7 heteroatoms. The Hall–Kier alpha value is -2.61. The number of aliphatic hydroxyl groups is 1. The molecule has 0 aliphatic carbocycles. The number of aliphatic hydroxyl groups excluding tert-OH is 1. The van der Waals surface area contributed by atoms with Gasteiger partial charge in [0.05, 0.1) is 12.1 Å². The van der Waals surface area contributed by atoms with Gasteiger partial charge in [-0.15, -0.1) is 0 Å². The summed E-state index contributed by atoms with van der Waals surface area (Å²) >= 11 is 1.64. The molecule has 188 valence electrons. The summed E-state index contributed by atoms with van der Waals surface area (Å²) in [5, 5.41) is 21.0. The maximum atomic E-state index is 13.6. The molecular weight excluding hydrogens is 466 g/mol. The molecule has 4 nitrogen and oxygen atoms in total. The number of carbonyl (C=O) groups is 1. The maximum Gasteiger partial charge on any atom is 0.217 e. The van der Waals surface area contributed by atoms with Crippen LogP contribution >= 0.6 is 11.3 Å². The van der Waals surface area contributed by atoms with E-state index in [-0.39, 0.29) is 24.3 Å². The van der Waals surface area contributed by atoms with Crippen LogP contribution in [0.2, 0.25) is 0 Å². The summed E-state index contributed by atoms with van der Waals surface area (Å²) in [4.78, 5) is 11.7. The molecule has 1 aromatic heterocycles. The fraction of sp³-hybridized carbons (Fsp3) is 0.393. The molecule has 0 radical (unpaired) electrons. The van der Waals surface area contributed by atoms with Crippen molar-refractivity contribution in [3.63, 3.8) is 0 Å². The first-order valence-electron chi connectivity index (χ1n) is 11.8. The van der Waals surface area contributed by atoms with E-state index in [9.17, 15) is 18.7 Å². The highest BCUT2D eigenvalue weighted by atomic mass is 32.1. The molecule has 0 saturated carbocycles. The highest BCUT2D eigenvalue weighted by Crippen LogP contribution is 2.29. The molecular formula is C28H34F2N2O2S. The van der Waals surface area contributed by atoms with E-state index in [2.05, 4.69) is 61.1 Å². The van der Waals surface area contributed by atoms with Gasteiger partial charge in [0.15, 0.2) is 0 Å². The van der Waals surface area contributed by atoms with Crippen molar-refractivity contribution >= 4 is 17.2 Å². The monoisotopic (exact) mass is 500 g/mol. The van der Waals surface area contributed by atoms with Gasteiger partial charge < -0.3 is 15.7 Å². The Balaban J connectivity index is 1.72. The summed E-state index contributed by atoms with van der Waals surface area (Å²) < 4.78 is 27.2. The van der Waals surface area contributed by atoms with E-state index in [4.69, 9.17) is 0 Å². The lowest BCUT2D eigenvalue weighted by Crippen LogP contribution is -2.48. The Kier molecular flexibility index (Phi) is 9.16. The molecule has 1 amide bonds. The number of benzene rings is 2. The van der Waals surface area contributed by atoms with Crippen LogP contribution in [0.3, 0.4) is 0 Å². The van der Waals surface area contributed by atoms with Crippen molar-refractivity contribution in [3.8, 4) is 11.1 Å². The van der Waals surface area contributed by atoms with Gasteiger partial charge in [-0.3, -0.25) is 4.79 Å². The van der Waals surface area contributed by atoms with E-state index in [0.29, 0.717) is 12.1 Å². The molecule has 2 atom stereocenters. The zero-order chi connectivity index (χ0) is 25.6. The Morgan fingerprint density at radius 1 is 1.06 bits per heavy atom. The number of nitrogens with one attached hydrogen (secondary N) is 2. The van der Waals surface area contributed by atoms with Gasteiger partial charge in [-0.25, -0.2) is 8.78 Å². The minimum Gasteiger partial charge on any atom is -0.390 e. The lowest BCUT2D eigenvalue weighted by molar-refractivity contribution is -0.120. The zero-order valence-corrected chi connectivity index (χ0v) is 21.5. The number of halogens is 2. The van der Waals surface area contributed by atoms with Crippen molar-refractivity contribution < 1.29 is 18.7 Å². The molecule has 35 heavy (non-hydrogen) atoms. The molecule has 0 aliphatic heterocycles. The second-order valence-corrected chi connectivity index (χ2v) is 11.0. The summed E-state index contributed by atoms with van der Waals surface area (Å²) in [5.74, 6) is -1.70. The smallest absolute Gasteiger partial charge is 0.217 e. The fourth-order valence-electron chi connectivity index (χ4n) is 4.24. The Labute approximate surface area is 210 Å². The van der Waals surface area contributed by atoms with Gasteiger partial charge in [0, 0.05) is 26.1 Å². The summed E-state index contributed by atoms with van der Waals surface area (Å²) in [6.07, 6.45) is 0.104. The first-order chi connectivity index (χ1) is 16.5. The van der Waals surface area contributed by atoms with Crippen LogP contribution in [0.1, 0.15) is 44.4 Å². The van der Waals surface area contributed by atoms with Crippen LogP contribution in [-0.2, 0) is 24.2 Å². The molecule has 3 N–H and O–H groups in total. The molecule has 2 unspecified atom stereocenters. The second-order valence-electron chi connectivity index (χ2n) is 10.2. The van der Waals surface area contributed by atoms with E-state index in [1.807, 2.05) is 5.38 Å². The molecule has 0 fully saturated rings. The highest BCUT2D eigenvalue weighted by molar-refractivity contribution is 7.08. The summed E-state index contributed by atoms with van der Waals surface area (Å²) in [6.45, 7) is 8.71. The number of hydrogen-bond acceptors (Lipinski definition) is 4. The van der Waals surface area contributed by atoms with E-state index in [0.717, 1.165) is 29.2 Å². The SMILES string of the molecule is CC(=O)NC(Cc1cc(F)cc(F)c1)C(O)CNCc1cc(CC(C)(C)C)ccc1-c1ccsc1. The van der Waals surface area contributed by atoms with Crippen LogP contribution in [0, 0.1) is 17.0 Å². The lowest BCUT2D eigenvalue weighted by atomic mass is 9.86. The van der Waals surface area contributed by atoms with Crippen molar-refractivity contribution in [2.75, 3.05) is 6.54 Å². The van der Waals surface area contributed by atoms with Gasteiger partial charge in [0.2, 0.25) is 5.91 Å². The predicted octanol–water partition coefficient (Wildman–Crippen LogP) is 5.48. The van der Waals surface area contributed by atoms with Crippen molar-refractivity contribution in [1.82, 2.24) is 10.6 Å². The number of hydrogen-bond donors (Lipinski definition) is 3.